The molecule has 1 aromatic carbocycles. The second-order valence-electron chi connectivity index (χ2n) is 8.39. The first-order chi connectivity index (χ1) is 15.6. The highest BCUT2D eigenvalue weighted by molar-refractivity contribution is 7.07. The van der Waals surface area contributed by atoms with Crippen LogP contribution in [0.3, 0.4) is 0 Å². The Morgan fingerprint density at radius 1 is 1.12 bits per heavy atom. The van der Waals surface area contributed by atoms with E-state index >= 15 is 0 Å². The van der Waals surface area contributed by atoms with Crippen molar-refractivity contribution in [3.8, 4) is 5.75 Å². The molecule has 2 aromatic heterocycles. The SMILES string of the molecule is COC(=O)c1c(OC2Cc3ccccc3C2)cc(=O)n2c1CCN(Cc1ccsc1)CC2. The van der Waals surface area contributed by atoms with Crippen LogP contribution in [0, 0.1) is 0 Å². The molecule has 166 valence electrons. The summed E-state index contributed by atoms with van der Waals surface area (Å²) >= 11 is 1.69. The van der Waals surface area contributed by atoms with Crippen LogP contribution in [0.1, 0.15) is 32.7 Å². The molecule has 2 aliphatic rings. The molecule has 7 heteroatoms. The molecule has 6 nitrogen and oxygen atoms in total. The summed E-state index contributed by atoms with van der Waals surface area (Å²) in [5.41, 5.74) is 4.75. The maximum Gasteiger partial charge on any atom is 0.343 e. The van der Waals surface area contributed by atoms with Gasteiger partial charge in [0, 0.05) is 57.2 Å². The van der Waals surface area contributed by atoms with E-state index in [0.717, 1.165) is 32.5 Å². The minimum atomic E-state index is -0.453. The summed E-state index contributed by atoms with van der Waals surface area (Å²) < 4.78 is 13.1. The van der Waals surface area contributed by atoms with E-state index in [1.807, 2.05) is 12.1 Å². The Morgan fingerprint density at radius 3 is 2.59 bits per heavy atom. The standard InChI is InChI=1S/C25H26N2O4S/c1-30-25(29)24-21-6-8-26(15-17-7-11-32-16-17)9-10-27(21)23(28)14-22(24)31-20-12-18-4-2-3-5-19(18)13-20/h2-5,7,11,14,16,20H,6,8-10,12-13,15H2,1H3. The van der Waals surface area contributed by atoms with Crippen LogP contribution in [0.15, 0.2) is 52.0 Å². The third-order valence-corrected chi connectivity index (χ3v) is 7.10. The third kappa shape index (κ3) is 4.10. The first-order valence-corrected chi connectivity index (χ1v) is 11.9. The van der Waals surface area contributed by atoms with Gasteiger partial charge in [0.15, 0.2) is 0 Å². The summed E-state index contributed by atoms with van der Waals surface area (Å²) in [5, 5.41) is 4.22. The van der Waals surface area contributed by atoms with Crippen molar-refractivity contribution in [2.24, 2.45) is 0 Å². The zero-order valence-corrected chi connectivity index (χ0v) is 18.9. The number of methoxy groups -OCH3 is 1. The molecule has 0 N–H and O–H groups in total. The Labute approximate surface area is 191 Å². The lowest BCUT2D eigenvalue weighted by atomic mass is 10.1. The molecule has 3 heterocycles. The van der Waals surface area contributed by atoms with E-state index in [2.05, 4.69) is 33.9 Å². The van der Waals surface area contributed by atoms with Crippen LogP contribution in [0.25, 0.3) is 0 Å². The zero-order valence-electron chi connectivity index (χ0n) is 18.1. The van der Waals surface area contributed by atoms with Gasteiger partial charge in [-0.25, -0.2) is 4.79 Å². The Morgan fingerprint density at radius 2 is 1.91 bits per heavy atom. The summed E-state index contributed by atoms with van der Waals surface area (Å²) in [6.45, 7) is 2.89. The molecule has 0 spiro atoms. The van der Waals surface area contributed by atoms with Gasteiger partial charge in [-0.1, -0.05) is 24.3 Å². The van der Waals surface area contributed by atoms with Gasteiger partial charge in [-0.2, -0.15) is 11.3 Å². The fourth-order valence-electron chi connectivity index (χ4n) is 4.79. The van der Waals surface area contributed by atoms with Crippen LogP contribution < -0.4 is 10.3 Å². The van der Waals surface area contributed by atoms with Gasteiger partial charge >= 0.3 is 5.97 Å². The highest BCUT2D eigenvalue weighted by atomic mass is 32.1. The quantitative estimate of drug-likeness (QED) is 0.558. The van der Waals surface area contributed by atoms with Gasteiger partial charge < -0.3 is 14.0 Å². The van der Waals surface area contributed by atoms with Crippen LogP contribution in [-0.2, 0) is 37.1 Å². The number of rotatable bonds is 5. The van der Waals surface area contributed by atoms with Crippen molar-refractivity contribution >= 4 is 17.3 Å². The van der Waals surface area contributed by atoms with E-state index in [4.69, 9.17) is 9.47 Å². The van der Waals surface area contributed by atoms with Crippen molar-refractivity contribution in [3.63, 3.8) is 0 Å². The molecule has 0 saturated carbocycles. The number of hydrogen-bond donors (Lipinski definition) is 0. The summed E-state index contributed by atoms with van der Waals surface area (Å²) in [6, 6.07) is 11.9. The number of pyridine rings is 1. The van der Waals surface area contributed by atoms with Gasteiger partial charge in [-0.05, 0) is 33.5 Å². The van der Waals surface area contributed by atoms with E-state index in [1.54, 1.807) is 15.9 Å². The van der Waals surface area contributed by atoms with Crippen molar-refractivity contribution in [3.05, 3.63) is 85.5 Å². The molecule has 0 unspecified atom stereocenters. The third-order valence-electron chi connectivity index (χ3n) is 6.37. The number of esters is 1. The summed E-state index contributed by atoms with van der Waals surface area (Å²) in [7, 11) is 1.37. The lowest BCUT2D eigenvalue weighted by molar-refractivity contribution is 0.0590. The van der Waals surface area contributed by atoms with Gasteiger partial charge in [0.2, 0.25) is 0 Å². The van der Waals surface area contributed by atoms with Crippen LogP contribution in [-0.4, -0.2) is 41.7 Å². The molecule has 0 atom stereocenters. The number of benzene rings is 1. The largest absolute Gasteiger partial charge is 0.489 e. The topological polar surface area (TPSA) is 60.8 Å². The minimum Gasteiger partial charge on any atom is -0.489 e. The highest BCUT2D eigenvalue weighted by Gasteiger charge is 2.29. The van der Waals surface area contributed by atoms with Crippen molar-refractivity contribution in [1.82, 2.24) is 9.47 Å². The van der Waals surface area contributed by atoms with Crippen LogP contribution in [0.4, 0.5) is 0 Å². The van der Waals surface area contributed by atoms with E-state index in [9.17, 15) is 9.59 Å². The molecule has 0 bridgehead atoms. The van der Waals surface area contributed by atoms with Crippen LogP contribution in [0.5, 0.6) is 5.75 Å². The summed E-state index contributed by atoms with van der Waals surface area (Å²) in [6.07, 6.45) is 2.03. The number of carbonyl (C=O) groups excluding carboxylic acids is 1. The normalized spacial score (nSPS) is 16.3. The fraction of sp³-hybridized carbons (Fsp3) is 0.360. The number of ether oxygens (including phenoxy) is 2. The average Bonchev–Trinajstić information content (AvgIpc) is 3.39. The monoisotopic (exact) mass is 450 g/mol. The number of aromatic nitrogens is 1. The second kappa shape index (κ2) is 8.92. The van der Waals surface area contributed by atoms with Crippen molar-refractivity contribution in [2.75, 3.05) is 20.2 Å². The van der Waals surface area contributed by atoms with Gasteiger partial charge in [0.1, 0.15) is 17.4 Å². The molecule has 1 aliphatic heterocycles. The fourth-order valence-corrected chi connectivity index (χ4v) is 5.45. The van der Waals surface area contributed by atoms with E-state index in [-0.39, 0.29) is 11.7 Å². The smallest absolute Gasteiger partial charge is 0.343 e. The van der Waals surface area contributed by atoms with Gasteiger partial charge in [-0.15, -0.1) is 0 Å². The number of carbonyl (C=O) groups is 1. The van der Waals surface area contributed by atoms with Crippen molar-refractivity contribution in [2.45, 2.75) is 38.5 Å². The van der Waals surface area contributed by atoms with E-state index in [1.165, 1.54) is 29.9 Å². The maximum absolute atomic E-state index is 13.0. The maximum atomic E-state index is 13.0. The van der Waals surface area contributed by atoms with E-state index < -0.39 is 5.97 Å². The van der Waals surface area contributed by atoms with Gasteiger partial charge in [0.05, 0.1) is 7.11 Å². The Bertz CT molecular complexity index is 1160. The first-order valence-electron chi connectivity index (χ1n) is 10.9. The first kappa shape index (κ1) is 21.0. The van der Waals surface area contributed by atoms with Crippen molar-refractivity contribution in [1.29, 1.82) is 0 Å². The Balaban J connectivity index is 1.44. The highest BCUT2D eigenvalue weighted by Crippen LogP contribution is 2.30. The van der Waals surface area contributed by atoms with Crippen molar-refractivity contribution < 1.29 is 14.3 Å². The average molecular weight is 451 g/mol. The second-order valence-corrected chi connectivity index (χ2v) is 9.17. The lowest BCUT2D eigenvalue weighted by Gasteiger charge is -2.20. The molecule has 3 aromatic rings. The molecular weight excluding hydrogens is 424 g/mol. The zero-order chi connectivity index (χ0) is 22.1. The number of thiophene rings is 1. The minimum absolute atomic E-state index is 0.0980. The molecule has 0 fully saturated rings. The Kier molecular flexibility index (Phi) is 5.85. The molecule has 32 heavy (non-hydrogen) atoms. The summed E-state index contributed by atoms with van der Waals surface area (Å²) in [5.74, 6) is -0.109. The number of nitrogens with zero attached hydrogens (tertiary/aromatic N) is 2. The molecule has 1 aliphatic carbocycles. The predicted molar refractivity (Wildman–Crippen MR) is 124 cm³/mol. The number of hydrogen-bond acceptors (Lipinski definition) is 6. The molecule has 0 saturated heterocycles. The molecule has 5 rings (SSSR count). The van der Waals surface area contributed by atoms with Gasteiger partial charge in [-0.3, -0.25) is 9.69 Å². The Hall–Kier alpha value is -2.90. The van der Waals surface area contributed by atoms with Crippen LogP contribution >= 0.6 is 11.3 Å². The molecule has 0 amide bonds. The van der Waals surface area contributed by atoms with Crippen LogP contribution in [0.2, 0.25) is 0 Å². The van der Waals surface area contributed by atoms with E-state index in [0.29, 0.717) is 30.0 Å². The summed E-state index contributed by atoms with van der Waals surface area (Å²) in [4.78, 5) is 28.2. The molecule has 0 radical (unpaired) electrons. The predicted octanol–water partition coefficient (Wildman–Crippen LogP) is 3.30. The number of fused-ring (bicyclic) bond motifs is 2. The van der Waals surface area contributed by atoms with Gasteiger partial charge in [0.25, 0.3) is 5.56 Å². The lowest BCUT2D eigenvalue weighted by Crippen LogP contribution is -2.29. The molecular formula is C25H26N2O4S.